The summed E-state index contributed by atoms with van der Waals surface area (Å²) < 4.78 is 38.1. The standard InChI is InChI=1S/C21H23F3N4OS/c1-14(2)18(12-25)27-7-9-28(10-8-27)19(29)11-17-13-30-20(26-17)15-3-5-16(6-4-15)21(22,23)24/h3-6,13-14,18H,7-11H2,1-2H3. The number of benzene rings is 1. The molecule has 1 saturated heterocycles. The molecule has 9 heteroatoms. The lowest BCUT2D eigenvalue weighted by molar-refractivity contribution is -0.137. The summed E-state index contributed by atoms with van der Waals surface area (Å²) in [7, 11) is 0. The van der Waals surface area contributed by atoms with E-state index >= 15 is 0 Å². The minimum absolute atomic E-state index is 0.0306. The third-order valence-corrected chi connectivity index (χ3v) is 6.11. The van der Waals surface area contributed by atoms with Crippen molar-refractivity contribution < 1.29 is 18.0 Å². The van der Waals surface area contributed by atoms with E-state index in [0.29, 0.717) is 42.4 Å². The molecule has 0 saturated carbocycles. The number of aromatic nitrogens is 1. The Morgan fingerprint density at radius 1 is 1.20 bits per heavy atom. The molecular formula is C21H23F3N4OS. The van der Waals surface area contributed by atoms with Gasteiger partial charge in [-0.2, -0.15) is 18.4 Å². The largest absolute Gasteiger partial charge is 0.416 e. The normalized spacial score (nSPS) is 16.5. The number of halogens is 3. The fraction of sp³-hybridized carbons (Fsp3) is 0.476. The Balaban J connectivity index is 1.57. The van der Waals surface area contributed by atoms with Crippen molar-refractivity contribution in [3.8, 4) is 16.6 Å². The molecule has 0 bridgehead atoms. The zero-order valence-corrected chi connectivity index (χ0v) is 17.6. The van der Waals surface area contributed by atoms with E-state index in [1.54, 1.807) is 10.3 Å². The van der Waals surface area contributed by atoms with Crippen molar-refractivity contribution in [1.82, 2.24) is 14.8 Å². The van der Waals surface area contributed by atoms with E-state index in [2.05, 4.69) is 16.0 Å². The molecule has 0 spiro atoms. The van der Waals surface area contributed by atoms with E-state index in [1.165, 1.54) is 23.5 Å². The Hall–Kier alpha value is -2.44. The van der Waals surface area contributed by atoms with Gasteiger partial charge in [-0.05, 0) is 18.1 Å². The predicted molar refractivity (Wildman–Crippen MR) is 109 cm³/mol. The highest BCUT2D eigenvalue weighted by Crippen LogP contribution is 2.31. The van der Waals surface area contributed by atoms with E-state index in [-0.39, 0.29) is 24.3 Å². The molecule has 1 aliphatic heterocycles. The van der Waals surface area contributed by atoms with Crippen LogP contribution >= 0.6 is 11.3 Å². The highest BCUT2D eigenvalue weighted by molar-refractivity contribution is 7.13. The summed E-state index contributed by atoms with van der Waals surface area (Å²) in [5, 5.41) is 11.7. The van der Waals surface area contributed by atoms with Crippen LogP contribution < -0.4 is 0 Å². The van der Waals surface area contributed by atoms with Crippen molar-refractivity contribution in [1.29, 1.82) is 5.26 Å². The van der Waals surface area contributed by atoms with Crippen molar-refractivity contribution in [2.75, 3.05) is 26.2 Å². The lowest BCUT2D eigenvalue weighted by atomic mass is 10.0. The van der Waals surface area contributed by atoms with Gasteiger partial charge in [0.1, 0.15) is 11.0 Å². The number of thiazole rings is 1. The summed E-state index contributed by atoms with van der Waals surface area (Å²) in [6, 6.07) is 7.05. The van der Waals surface area contributed by atoms with Crippen molar-refractivity contribution in [3.05, 3.63) is 40.9 Å². The molecule has 1 fully saturated rings. The second-order valence-electron chi connectivity index (χ2n) is 7.63. The molecule has 1 unspecified atom stereocenters. The maximum Gasteiger partial charge on any atom is 0.416 e. The third-order valence-electron chi connectivity index (χ3n) is 5.17. The topological polar surface area (TPSA) is 60.2 Å². The number of piperazine rings is 1. The van der Waals surface area contributed by atoms with Crippen LogP contribution in [0.1, 0.15) is 25.1 Å². The van der Waals surface area contributed by atoms with E-state index < -0.39 is 11.7 Å². The summed E-state index contributed by atoms with van der Waals surface area (Å²) in [6.45, 7) is 6.50. The van der Waals surface area contributed by atoms with Gasteiger partial charge in [-0.15, -0.1) is 11.3 Å². The highest BCUT2D eigenvalue weighted by Gasteiger charge is 2.30. The summed E-state index contributed by atoms with van der Waals surface area (Å²) in [5.41, 5.74) is 0.504. The molecule has 0 aliphatic carbocycles. The molecule has 1 aliphatic rings. The van der Waals surface area contributed by atoms with Crippen LogP contribution in [-0.2, 0) is 17.4 Å². The minimum Gasteiger partial charge on any atom is -0.340 e. The average molecular weight is 437 g/mol. The van der Waals surface area contributed by atoms with Gasteiger partial charge in [0.2, 0.25) is 5.91 Å². The van der Waals surface area contributed by atoms with E-state index in [0.717, 1.165) is 12.1 Å². The van der Waals surface area contributed by atoms with Crippen molar-refractivity contribution in [2.45, 2.75) is 32.5 Å². The number of alkyl halides is 3. The fourth-order valence-electron chi connectivity index (χ4n) is 3.49. The van der Waals surface area contributed by atoms with Crippen molar-refractivity contribution >= 4 is 17.2 Å². The van der Waals surface area contributed by atoms with Crippen LogP contribution in [0.25, 0.3) is 10.6 Å². The molecular weight excluding hydrogens is 413 g/mol. The number of carbonyl (C=O) groups is 1. The number of hydrogen-bond acceptors (Lipinski definition) is 5. The summed E-state index contributed by atoms with van der Waals surface area (Å²) in [6.07, 6.45) is -4.21. The van der Waals surface area contributed by atoms with Gasteiger partial charge in [-0.25, -0.2) is 4.98 Å². The van der Waals surface area contributed by atoms with Gasteiger partial charge in [0.05, 0.1) is 23.7 Å². The van der Waals surface area contributed by atoms with Gasteiger partial charge >= 0.3 is 6.18 Å². The monoisotopic (exact) mass is 436 g/mol. The number of rotatable bonds is 5. The van der Waals surface area contributed by atoms with E-state index in [1.807, 2.05) is 13.8 Å². The van der Waals surface area contributed by atoms with Gasteiger partial charge in [0.25, 0.3) is 0 Å². The number of hydrogen-bond donors (Lipinski definition) is 0. The first-order valence-electron chi connectivity index (χ1n) is 9.72. The first-order valence-corrected chi connectivity index (χ1v) is 10.6. The molecule has 3 rings (SSSR count). The fourth-order valence-corrected chi connectivity index (χ4v) is 4.32. The number of amides is 1. The van der Waals surface area contributed by atoms with Crippen LogP contribution in [-0.4, -0.2) is 52.9 Å². The van der Waals surface area contributed by atoms with Crippen LogP contribution in [0, 0.1) is 17.2 Å². The Morgan fingerprint density at radius 2 is 1.83 bits per heavy atom. The Labute approximate surface area is 177 Å². The molecule has 30 heavy (non-hydrogen) atoms. The van der Waals surface area contributed by atoms with Gasteiger partial charge < -0.3 is 4.90 Å². The number of carbonyl (C=O) groups excluding carboxylic acids is 1. The number of nitriles is 1. The maximum atomic E-state index is 12.7. The lowest BCUT2D eigenvalue weighted by Gasteiger charge is -2.38. The molecule has 1 amide bonds. The SMILES string of the molecule is CC(C)C(C#N)N1CCN(C(=O)Cc2csc(-c3ccc(C(F)(F)F)cc3)n2)CC1. The quantitative estimate of drug-likeness (QED) is 0.709. The van der Waals surface area contributed by atoms with Gasteiger partial charge in [0.15, 0.2) is 0 Å². The third kappa shape index (κ3) is 5.18. The molecule has 1 aromatic heterocycles. The smallest absolute Gasteiger partial charge is 0.340 e. The highest BCUT2D eigenvalue weighted by atomic mass is 32.1. The van der Waals surface area contributed by atoms with Crippen LogP contribution in [0.4, 0.5) is 13.2 Å². The number of nitrogens with zero attached hydrogens (tertiary/aromatic N) is 4. The van der Waals surface area contributed by atoms with Crippen LogP contribution in [0.2, 0.25) is 0 Å². The molecule has 160 valence electrons. The van der Waals surface area contributed by atoms with Crippen molar-refractivity contribution in [2.24, 2.45) is 5.92 Å². The van der Waals surface area contributed by atoms with Crippen molar-refractivity contribution in [3.63, 3.8) is 0 Å². The average Bonchev–Trinajstić information content (AvgIpc) is 3.16. The lowest BCUT2D eigenvalue weighted by Crippen LogP contribution is -2.53. The first kappa shape index (κ1) is 22.2. The van der Waals surface area contributed by atoms with E-state index in [4.69, 9.17) is 0 Å². The summed E-state index contributed by atoms with van der Waals surface area (Å²) >= 11 is 1.31. The Bertz CT molecular complexity index is 910. The molecule has 5 nitrogen and oxygen atoms in total. The zero-order chi connectivity index (χ0) is 21.9. The summed E-state index contributed by atoms with van der Waals surface area (Å²) in [5.74, 6) is 0.202. The van der Waals surface area contributed by atoms with E-state index in [9.17, 15) is 23.2 Å². The molecule has 2 aromatic rings. The van der Waals surface area contributed by atoms with Crippen LogP contribution in [0.5, 0.6) is 0 Å². The molecule has 1 atom stereocenters. The molecule has 1 aromatic carbocycles. The second kappa shape index (κ2) is 9.14. The molecule has 0 N–H and O–H groups in total. The zero-order valence-electron chi connectivity index (χ0n) is 16.8. The molecule has 0 radical (unpaired) electrons. The summed E-state index contributed by atoms with van der Waals surface area (Å²) in [4.78, 5) is 20.9. The Kier molecular flexibility index (Phi) is 6.78. The maximum absolute atomic E-state index is 12.7. The predicted octanol–water partition coefficient (Wildman–Crippen LogP) is 4.06. The minimum atomic E-state index is -4.37. The van der Waals surface area contributed by atoms with Crippen LogP contribution in [0.3, 0.4) is 0 Å². The van der Waals surface area contributed by atoms with Gasteiger partial charge in [-0.3, -0.25) is 9.69 Å². The van der Waals surface area contributed by atoms with Gasteiger partial charge in [0, 0.05) is 37.1 Å². The first-order chi connectivity index (χ1) is 14.2. The Morgan fingerprint density at radius 3 is 2.37 bits per heavy atom. The molecule has 2 heterocycles. The second-order valence-corrected chi connectivity index (χ2v) is 8.49. The van der Waals surface area contributed by atoms with Crippen LogP contribution in [0.15, 0.2) is 29.6 Å². The van der Waals surface area contributed by atoms with Gasteiger partial charge in [-0.1, -0.05) is 26.0 Å².